The van der Waals surface area contributed by atoms with Gasteiger partial charge in [0.2, 0.25) is 0 Å². The van der Waals surface area contributed by atoms with Gasteiger partial charge in [-0.15, -0.1) is 0 Å². The van der Waals surface area contributed by atoms with Gasteiger partial charge in [-0.05, 0) is 55.2 Å². The van der Waals surface area contributed by atoms with E-state index in [9.17, 15) is 4.79 Å². The van der Waals surface area contributed by atoms with Crippen molar-refractivity contribution in [3.63, 3.8) is 0 Å². The summed E-state index contributed by atoms with van der Waals surface area (Å²) in [7, 11) is 0. The van der Waals surface area contributed by atoms with Crippen LogP contribution in [0.2, 0.25) is 0 Å². The highest BCUT2D eigenvalue weighted by atomic mass is 16.5. The van der Waals surface area contributed by atoms with Crippen LogP contribution in [0.5, 0.6) is 11.5 Å². The summed E-state index contributed by atoms with van der Waals surface area (Å²) in [5, 5.41) is 2.82. The number of benzene rings is 2. The molecule has 2 rings (SSSR count). The van der Waals surface area contributed by atoms with E-state index >= 15 is 0 Å². The van der Waals surface area contributed by atoms with Crippen molar-refractivity contribution in [1.82, 2.24) is 0 Å². The second kappa shape index (κ2) is 8.96. The van der Waals surface area contributed by atoms with E-state index in [0.717, 1.165) is 29.2 Å². The van der Waals surface area contributed by atoms with Crippen molar-refractivity contribution >= 4 is 11.6 Å². The molecule has 0 aliphatic carbocycles. The van der Waals surface area contributed by atoms with Crippen molar-refractivity contribution in [2.45, 2.75) is 33.1 Å². The standard InChI is InChI=1S/C20H25NO3/c1-4-15(3)18-8-6-7-9-19(18)24-14-20(22)21-16-10-12-17(13-11-16)23-5-2/h6-13,15H,4-5,14H2,1-3H3,(H,21,22)/t15-/m0/s1. The first-order chi connectivity index (χ1) is 11.6. The van der Waals surface area contributed by atoms with Crippen molar-refractivity contribution in [1.29, 1.82) is 0 Å². The molecule has 128 valence electrons. The molecule has 0 unspecified atom stereocenters. The Morgan fingerprint density at radius 2 is 1.75 bits per heavy atom. The molecule has 0 bridgehead atoms. The Kier molecular flexibility index (Phi) is 6.67. The van der Waals surface area contributed by atoms with Crippen LogP contribution in [0.25, 0.3) is 0 Å². The molecular weight excluding hydrogens is 302 g/mol. The highest BCUT2D eigenvalue weighted by molar-refractivity contribution is 5.91. The van der Waals surface area contributed by atoms with Gasteiger partial charge in [0.25, 0.3) is 5.91 Å². The molecule has 0 aliphatic rings. The van der Waals surface area contributed by atoms with Crippen LogP contribution in [0, 0.1) is 0 Å². The maximum atomic E-state index is 12.1. The molecule has 0 saturated carbocycles. The van der Waals surface area contributed by atoms with Crippen molar-refractivity contribution < 1.29 is 14.3 Å². The van der Waals surface area contributed by atoms with E-state index in [0.29, 0.717) is 12.5 Å². The van der Waals surface area contributed by atoms with E-state index in [-0.39, 0.29) is 12.5 Å². The highest BCUT2D eigenvalue weighted by Gasteiger charge is 2.11. The van der Waals surface area contributed by atoms with E-state index < -0.39 is 0 Å². The molecule has 1 N–H and O–H groups in total. The van der Waals surface area contributed by atoms with Gasteiger partial charge in [-0.2, -0.15) is 0 Å². The fraction of sp³-hybridized carbons (Fsp3) is 0.350. The zero-order valence-electron chi connectivity index (χ0n) is 14.5. The number of nitrogens with one attached hydrogen (secondary N) is 1. The Morgan fingerprint density at radius 3 is 2.42 bits per heavy atom. The molecule has 0 aromatic heterocycles. The minimum Gasteiger partial charge on any atom is -0.494 e. The van der Waals surface area contributed by atoms with Crippen LogP contribution >= 0.6 is 0 Å². The molecule has 0 radical (unpaired) electrons. The van der Waals surface area contributed by atoms with Gasteiger partial charge < -0.3 is 14.8 Å². The van der Waals surface area contributed by atoms with Crippen LogP contribution in [0.3, 0.4) is 0 Å². The number of rotatable bonds is 8. The maximum absolute atomic E-state index is 12.1. The third-order valence-electron chi connectivity index (χ3n) is 3.87. The Labute approximate surface area is 143 Å². The molecule has 2 aromatic rings. The Balaban J connectivity index is 1.91. The van der Waals surface area contributed by atoms with Gasteiger partial charge in [0.15, 0.2) is 6.61 Å². The molecule has 4 heteroatoms. The largest absolute Gasteiger partial charge is 0.494 e. The Bertz CT molecular complexity index is 652. The van der Waals surface area contributed by atoms with Gasteiger partial charge in [-0.3, -0.25) is 4.79 Å². The molecule has 2 aromatic carbocycles. The van der Waals surface area contributed by atoms with E-state index in [1.165, 1.54) is 0 Å². The number of hydrogen-bond donors (Lipinski definition) is 1. The molecule has 4 nitrogen and oxygen atoms in total. The summed E-state index contributed by atoms with van der Waals surface area (Å²) in [6, 6.07) is 15.2. The number of anilines is 1. The molecule has 0 saturated heterocycles. The Morgan fingerprint density at radius 1 is 1.04 bits per heavy atom. The smallest absolute Gasteiger partial charge is 0.262 e. The van der Waals surface area contributed by atoms with Crippen molar-refractivity contribution in [2.75, 3.05) is 18.5 Å². The van der Waals surface area contributed by atoms with Crippen LogP contribution in [-0.2, 0) is 4.79 Å². The predicted molar refractivity (Wildman–Crippen MR) is 96.9 cm³/mol. The van der Waals surface area contributed by atoms with E-state index in [1.54, 1.807) is 0 Å². The lowest BCUT2D eigenvalue weighted by Gasteiger charge is -2.15. The lowest BCUT2D eigenvalue weighted by molar-refractivity contribution is -0.118. The molecule has 24 heavy (non-hydrogen) atoms. The van der Waals surface area contributed by atoms with Crippen LogP contribution in [0.15, 0.2) is 48.5 Å². The number of para-hydroxylation sites is 1. The summed E-state index contributed by atoms with van der Waals surface area (Å²) in [6.07, 6.45) is 1.03. The molecule has 0 spiro atoms. The van der Waals surface area contributed by atoms with Gasteiger partial charge >= 0.3 is 0 Å². The predicted octanol–water partition coefficient (Wildman–Crippen LogP) is 4.62. The molecule has 0 aliphatic heterocycles. The minimum absolute atomic E-state index is 0.0132. The van der Waals surface area contributed by atoms with Crippen LogP contribution < -0.4 is 14.8 Å². The van der Waals surface area contributed by atoms with Crippen molar-refractivity contribution in [3.05, 3.63) is 54.1 Å². The Hall–Kier alpha value is -2.49. The quantitative estimate of drug-likeness (QED) is 0.770. The van der Waals surface area contributed by atoms with Crippen molar-refractivity contribution in [3.8, 4) is 11.5 Å². The summed E-state index contributed by atoms with van der Waals surface area (Å²) >= 11 is 0. The van der Waals surface area contributed by atoms with E-state index in [2.05, 4.69) is 19.2 Å². The molecule has 0 heterocycles. The lowest BCUT2D eigenvalue weighted by atomic mass is 9.98. The van der Waals surface area contributed by atoms with Gasteiger partial charge in [0, 0.05) is 5.69 Å². The van der Waals surface area contributed by atoms with Gasteiger partial charge in [-0.25, -0.2) is 0 Å². The number of hydrogen-bond acceptors (Lipinski definition) is 3. The highest BCUT2D eigenvalue weighted by Crippen LogP contribution is 2.28. The second-order valence-electron chi connectivity index (χ2n) is 5.64. The minimum atomic E-state index is -0.182. The zero-order chi connectivity index (χ0) is 17.4. The van der Waals surface area contributed by atoms with Gasteiger partial charge in [0.05, 0.1) is 6.61 Å². The average Bonchev–Trinajstić information content (AvgIpc) is 2.61. The molecular formula is C20H25NO3. The summed E-state index contributed by atoms with van der Waals surface area (Å²) in [5.74, 6) is 1.77. The third kappa shape index (κ3) is 5.01. The average molecular weight is 327 g/mol. The van der Waals surface area contributed by atoms with Crippen LogP contribution in [0.4, 0.5) is 5.69 Å². The second-order valence-corrected chi connectivity index (χ2v) is 5.64. The molecule has 1 amide bonds. The normalized spacial score (nSPS) is 11.6. The topological polar surface area (TPSA) is 47.6 Å². The SMILES string of the molecule is CCOc1ccc(NC(=O)COc2ccccc2[C@@H](C)CC)cc1. The lowest BCUT2D eigenvalue weighted by Crippen LogP contribution is -2.20. The molecule has 0 fully saturated rings. The number of carbonyl (C=O) groups is 1. The van der Waals surface area contributed by atoms with Gasteiger partial charge in [-0.1, -0.05) is 32.0 Å². The summed E-state index contributed by atoms with van der Waals surface area (Å²) in [5.41, 5.74) is 1.86. The fourth-order valence-corrected chi connectivity index (χ4v) is 2.38. The van der Waals surface area contributed by atoms with Crippen molar-refractivity contribution in [2.24, 2.45) is 0 Å². The number of carbonyl (C=O) groups excluding carboxylic acids is 1. The van der Waals surface area contributed by atoms with Crippen LogP contribution in [-0.4, -0.2) is 19.1 Å². The van der Waals surface area contributed by atoms with E-state index in [1.807, 2.05) is 55.5 Å². The van der Waals surface area contributed by atoms with E-state index in [4.69, 9.17) is 9.47 Å². The summed E-state index contributed by atoms with van der Waals surface area (Å²) in [4.78, 5) is 12.1. The number of amides is 1. The first-order valence-electron chi connectivity index (χ1n) is 8.38. The fourth-order valence-electron chi connectivity index (χ4n) is 2.38. The zero-order valence-corrected chi connectivity index (χ0v) is 14.5. The maximum Gasteiger partial charge on any atom is 0.262 e. The first kappa shape index (κ1) is 17.9. The number of ether oxygens (including phenoxy) is 2. The van der Waals surface area contributed by atoms with Crippen LogP contribution in [0.1, 0.15) is 38.7 Å². The molecule has 1 atom stereocenters. The first-order valence-corrected chi connectivity index (χ1v) is 8.38. The monoisotopic (exact) mass is 327 g/mol. The third-order valence-corrected chi connectivity index (χ3v) is 3.87. The summed E-state index contributed by atoms with van der Waals surface area (Å²) in [6.45, 7) is 6.84. The summed E-state index contributed by atoms with van der Waals surface area (Å²) < 4.78 is 11.1. The van der Waals surface area contributed by atoms with Gasteiger partial charge in [0.1, 0.15) is 11.5 Å².